The molecule has 4 rings (SSSR count). The highest BCUT2D eigenvalue weighted by Gasteiger charge is 2.44. The van der Waals surface area contributed by atoms with E-state index in [1.807, 2.05) is 0 Å². The summed E-state index contributed by atoms with van der Waals surface area (Å²) >= 11 is 0. The molecule has 0 aliphatic carbocycles. The molecule has 0 saturated carbocycles. The Kier molecular flexibility index (Phi) is 8.52. The Bertz CT molecular complexity index is 1300. The molecule has 0 bridgehead atoms. The molecular weight excluding hydrogens is 528 g/mol. The van der Waals surface area contributed by atoms with E-state index in [4.69, 9.17) is 10.5 Å². The lowest BCUT2D eigenvalue weighted by atomic mass is 9.90. The summed E-state index contributed by atoms with van der Waals surface area (Å²) in [6.07, 6.45) is -0.447. The number of ether oxygens (including phenoxy) is 1. The van der Waals surface area contributed by atoms with Gasteiger partial charge in [0.05, 0.1) is 0 Å². The standard InChI is InChI=1S/C27H31F2N5O6/c1-14(33(2)27(38)39)24(35)31-21(15-8-10-40-11-9-15)26(37)34-13-16-12-17(30)6-7-18(16)23(34)25(36)32-22-19(28)4-3-5-20(22)29/h3-7,12,14-15,21,23H,8-11,13,30H2,1-2H3,(H,31,35)(H,32,36)(H,38,39)/t14-,21-,23+/m0/s1. The number of nitrogens with one attached hydrogen (secondary N) is 2. The summed E-state index contributed by atoms with van der Waals surface area (Å²) in [6.45, 7) is 2.05. The maximum Gasteiger partial charge on any atom is 0.407 e. The highest BCUT2D eigenvalue weighted by Crippen LogP contribution is 2.37. The number of rotatable bonds is 7. The van der Waals surface area contributed by atoms with Crippen molar-refractivity contribution in [3.63, 3.8) is 0 Å². The van der Waals surface area contributed by atoms with Crippen molar-refractivity contribution in [3.05, 3.63) is 59.2 Å². The minimum atomic E-state index is -1.32. The van der Waals surface area contributed by atoms with E-state index in [1.54, 1.807) is 18.2 Å². The molecule has 40 heavy (non-hydrogen) atoms. The van der Waals surface area contributed by atoms with Crippen molar-refractivity contribution in [2.75, 3.05) is 31.3 Å². The number of hydrogen-bond donors (Lipinski definition) is 4. The van der Waals surface area contributed by atoms with Crippen LogP contribution in [0.1, 0.15) is 36.9 Å². The third kappa shape index (κ3) is 5.83. The van der Waals surface area contributed by atoms with Crippen molar-refractivity contribution in [2.45, 2.75) is 44.4 Å². The summed E-state index contributed by atoms with van der Waals surface area (Å²) < 4.78 is 34.1. The van der Waals surface area contributed by atoms with Crippen molar-refractivity contribution >= 4 is 35.2 Å². The second-order valence-corrected chi connectivity index (χ2v) is 9.92. The number of carbonyl (C=O) groups is 4. The van der Waals surface area contributed by atoms with Crippen LogP contribution < -0.4 is 16.4 Å². The minimum Gasteiger partial charge on any atom is -0.465 e. The lowest BCUT2D eigenvalue weighted by Crippen LogP contribution is -2.57. The zero-order chi connectivity index (χ0) is 29.1. The number of nitrogens with zero attached hydrogens (tertiary/aromatic N) is 2. The highest BCUT2D eigenvalue weighted by molar-refractivity contribution is 6.00. The van der Waals surface area contributed by atoms with Gasteiger partial charge in [-0.1, -0.05) is 12.1 Å². The summed E-state index contributed by atoms with van der Waals surface area (Å²) in [5.41, 5.74) is 6.68. The molecule has 2 aliphatic rings. The molecule has 0 spiro atoms. The fourth-order valence-corrected chi connectivity index (χ4v) is 4.99. The Hall–Kier alpha value is -4.26. The molecule has 0 radical (unpaired) electrons. The molecule has 1 saturated heterocycles. The molecular formula is C27H31F2N5O6. The fraction of sp³-hybridized carbons (Fsp3) is 0.407. The molecule has 11 nitrogen and oxygen atoms in total. The average molecular weight is 560 g/mol. The van der Waals surface area contributed by atoms with Crippen LogP contribution in [-0.4, -0.2) is 71.1 Å². The third-order valence-corrected chi connectivity index (χ3v) is 7.42. The molecule has 13 heteroatoms. The Morgan fingerprint density at radius 3 is 2.40 bits per heavy atom. The molecule has 1 fully saturated rings. The van der Waals surface area contributed by atoms with Crippen LogP contribution in [0.5, 0.6) is 0 Å². The number of benzene rings is 2. The summed E-state index contributed by atoms with van der Waals surface area (Å²) in [4.78, 5) is 54.2. The van der Waals surface area contributed by atoms with Gasteiger partial charge in [0.25, 0.3) is 5.91 Å². The van der Waals surface area contributed by atoms with E-state index >= 15 is 0 Å². The molecule has 4 amide bonds. The fourth-order valence-electron chi connectivity index (χ4n) is 4.99. The minimum absolute atomic E-state index is 0.0444. The van der Waals surface area contributed by atoms with Crippen LogP contribution in [0.15, 0.2) is 36.4 Å². The maximum atomic E-state index is 14.4. The van der Waals surface area contributed by atoms with Gasteiger partial charge in [-0.15, -0.1) is 0 Å². The largest absolute Gasteiger partial charge is 0.465 e. The summed E-state index contributed by atoms with van der Waals surface area (Å²) in [5.74, 6) is -4.47. The summed E-state index contributed by atoms with van der Waals surface area (Å²) in [6, 6.07) is 4.39. The number of halogens is 2. The van der Waals surface area contributed by atoms with Gasteiger partial charge in [0.15, 0.2) is 0 Å². The Morgan fingerprint density at radius 1 is 1.12 bits per heavy atom. The van der Waals surface area contributed by atoms with Gasteiger partial charge in [-0.3, -0.25) is 19.3 Å². The molecule has 214 valence electrons. The van der Waals surface area contributed by atoms with E-state index in [-0.39, 0.29) is 12.5 Å². The Balaban J connectivity index is 1.68. The first-order chi connectivity index (χ1) is 19.0. The molecule has 2 aromatic carbocycles. The third-order valence-electron chi connectivity index (χ3n) is 7.42. The van der Waals surface area contributed by atoms with Crippen LogP contribution in [-0.2, 0) is 25.7 Å². The van der Waals surface area contributed by atoms with Crippen molar-refractivity contribution in [3.8, 4) is 0 Å². The first-order valence-corrected chi connectivity index (χ1v) is 12.8. The van der Waals surface area contributed by atoms with Crippen molar-refractivity contribution in [1.29, 1.82) is 0 Å². The number of fused-ring (bicyclic) bond motifs is 1. The summed E-state index contributed by atoms with van der Waals surface area (Å²) in [7, 11) is 1.24. The van der Waals surface area contributed by atoms with Gasteiger partial charge in [-0.25, -0.2) is 13.6 Å². The number of para-hydroxylation sites is 1. The number of carbonyl (C=O) groups excluding carboxylic acids is 3. The number of likely N-dealkylation sites (N-methyl/N-ethyl adjacent to an activating group) is 1. The van der Waals surface area contributed by atoms with E-state index in [9.17, 15) is 33.1 Å². The second-order valence-electron chi connectivity index (χ2n) is 9.92. The topological polar surface area (TPSA) is 154 Å². The van der Waals surface area contributed by atoms with Gasteiger partial charge < -0.3 is 31.1 Å². The van der Waals surface area contributed by atoms with Crippen molar-refractivity contribution < 1.29 is 37.8 Å². The first kappa shape index (κ1) is 28.7. The normalized spacial score (nSPS) is 18.4. The molecule has 0 unspecified atom stereocenters. The van der Waals surface area contributed by atoms with Gasteiger partial charge in [-0.05, 0) is 61.1 Å². The molecule has 2 aliphatic heterocycles. The van der Waals surface area contributed by atoms with Crippen molar-refractivity contribution in [2.24, 2.45) is 5.92 Å². The zero-order valence-corrected chi connectivity index (χ0v) is 22.0. The van der Waals surface area contributed by atoms with Gasteiger partial charge in [0.1, 0.15) is 35.4 Å². The second kappa shape index (κ2) is 11.9. The van der Waals surface area contributed by atoms with Crippen LogP contribution in [0.2, 0.25) is 0 Å². The molecule has 3 atom stereocenters. The number of hydrogen-bond acceptors (Lipinski definition) is 6. The van der Waals surface area contributed by atoms with Gasteiger partial charge in [0.2, 0.25) is 11.8 Å². The lowest BCUT2D eigenvalue weighted by Gasteiger charge is -2.35. The number of amides is 4. The van der Waals surface area contributed by atoms with Crippen LogP contribution in [0, 0.1) is 17.6 Å². The van der Waals surface area contributed by atoms with E-state index in [1.165, 1.54) is 18.9 Å². The van der Waals surface area contributed by atoms with Gasteiger partial charge in [0, 0.05) is 32.5 Å². The number of carboxylic acid groups (broad SMARTS) is 1. The van der Waals surface area contributed by atoms with Crippen molar-refractivity contribution in [1.82, 2.24) is 15.1 Å². The van der Waals surface area contributed by atoms with Gasteiger partial charge >= 0.3 is 6.09 Å². The van der Waals surface area contributed by atoms with E-state index in [0.717, 1.165) is 23.1 Å². The molecule has 2 aromatic rings. The molecule has 0 aromatic heterocycles. The average Bonchev–Trinajstić information content (AvgIpc) is 3.31. The first-order valence-electron chi connectivity index (χ1n) is 12.8. The van der Waals surface area contributed by atoms with E-state index in [0.29, 0.717) is 42.9 Å². The quantitative estimate of drug-likeness (QED) is 0.380. The predicted molar refractivity (Wildman–Crippen MR) is 140 cm³/mol. The summed E-state index contributed by atoms with van der Waals surface area (Å²) in [5, 5.41) is 14.3. The Labute approximate surface area is 229 Å². The smallest absolute Gasteiger partial charge is 0.407 e. The van der Waals surface area contributed by atoms with Crippen LogP contribution in [0.3, 0.4) is 0 Å². The predicted octanol–water partition coefficient (Wildman–Crippen LogP) is 2.48. The maximum absolute atomic E-state index is 14.4. The zero-order valence-electron chi connectivity index (χ0n) is 22.0. The van der Waals surface area contributed by atoms with Crippen LogP contribution >= 0.6 is 0 Å². The SMILES string of the molecule is C[C@@H](C(=O)N[C@H](C(=O)N1Cc2cc(N)ccc2[C@@H]1C(=O)Nc1c(F)cccc1F)C1CCOCC1)N(C)C(=O)O. The molecule has 2 heterocycles. The lowest BCUT2D eigenvalue weighted by molar-refractivity contribution is -0.144. The van der Waals surface area contributed by atoms with Gasteiger partial charge in [-0.2, -0.15) is 0 Å². The van der Waals surface area contributed by atoms with Crippen LogP contribution in [0.4, 0.5) is 25.0 Å². The highest BCUT2D eigenvalue weighted by atomic mass is 19.1. The monoisotopic (exact) mass is 559 g/mol. The number of anilines is 2. The number of nitrogen functional groups attached to an aromatic ring is 1. The van der Waals surface area contributed by atoms with Crippen LogP contribution in [0.25, 0.3) is 0 Å². The van der Waals surface area contributed by atoms with E-state index < -0.39 is 59.3 Å². The Morgan fingerprint density at radius 2 is 1.77 bits per heavy atom. The number of nitrogens with two attached hydrogens (primary N) is 1. The van der Waals surface area contributed by atoms with E-state index in [2.05, 4.69) is 10.6 Å². The molecule has 5 N–H and O–H groups in total.